The van der Waals surface area contributed by atoms with Gasteiger partial charge in [0.1, 0.15) is 5.82 Å². The number of hydrogen-bond donors (Lipinski definition) is 2. The van der Waals surface area contributed by atoms with Gasteiger partial charge in [0.15, 0.2) is 9.84 Å². The second-order valence-corrected chi connectivity index (χ2v) is 7.97. The predicted molar refractivity (Wildman–Crippen MR) is 88.4 cm³/mol. The SMILES string of the molecule is CNC(CC(C)C)c1ncc(-c2ccc(S(C)(=O)=O)cc2)[nH]1. The number of nitrogens with zero attached hydrogens (tertiary/aromatic N) is 1. The van der Waals surface area contributed by atoms with Crippen molar-refractivity contribution in [1.82, 2.24) is 15.3 Å². The summed E-state index contributed by atoms with van der Waals surface area (Å²) >= 11 is 0. The van der Waals surface area contributed by atoms with E-state index in [2.05, 4.69) is 29.1 Å². The number of nitrogens with one attached hydrogen (secondary N) is 2. The van der Waals surface area contributed by atoms with Crippen LogP contribution in [0.15, 0.2) is 35.4 Å². The van der Waals surface area contributed by atoms with E-state index in [0.29, 0.717) is 10.8 Å². The minimum Gasteiger partial charge on any atom is -0.341 e. The zero-order chi connectivity index (χ0) is 16.3. The molecule has 6 heteroatoms. The molecule has 1 aromatic carbocycles. The molecule has 0 radical (unpaired) electrons. The average Bonchev–Trinajstić information content (AvgIpc) is 2.93. The summed E-state index contributed by atoms with van der Waals surface area (Å²) in [4.78, 5) is 8.10. The maximum Gasteiger partial charge on any atom is 0.175 e. The molecule has 1 unspecified atom stereocenters. The van der Waals surface area contributed by atoms with Gasteiger partial charge in [0.05, 0.1) is 22.8 Å². The first-order valence-electron chi connectivity index (χ1n) is 7.34. The van der Waals surface area contributed by atoms with Crippen LogP contribution in [0, 0.1) is 5.92 Å². The molecule has 1 atom stereocenters. The third-order valence-corrected chi connectivity index (χ3v) is 4.70. The molecule has 0 aliphatic rings. The third kappa shape index (κ3) is 3.96. The smallest absolute Gasteiger partial charge is 0.175 e. The quantitative estimate of drug-likeness (QED) is 0.858. The number of imidazole rings is 1. The molecule has 5 nitrogen and oxygen atoms in total. The normalized spacial score (nSPS) is 13.5. The molecule has 0 bridgehead atoms. The van der Waals surface area contributed by atoms with Crippen molar-refractivity contribution in [3.05, 3.63) is 36.3 Å². The van der Waals surface area contributed by atoms with Crippen LogP contribution in [0.25, 0.3) is 11.3 Å². The van der Waals surface area contributed by atoms with Crippen LogP contribution in [-0.4, -0.2) is 31.7 Å². The monoisotopic (exact) mass is 321 g/mol. The van der Waals surface area contributed by atoms with Crippen LogP contribution in [-0.2, 0) is 9.84 Å². The number of H-pyrrole nitrogens is 1. The van der Waals surface area contributed by atoms with Crippen LogP contribution in [0.1, 0.15) is 32.1 Å². The minimum absolute atomic E-state index is 0.184. The Morgan fingerprint density at radius 3 is 2.36 bits per heavy atom. The molecule has 0 fully saturated rings. The lowest BCUT2D eigenvalue weighted by Gasteiger charge is -2.15. The molecule has 0 spiro atoms. The van der Waals surface area contributed by atoms with Crippen molar-refractivity contribution in [2.24, 2.45) is 5.92 Å². The van der Waals surface area contributed by atoms with Gasteiger partial charge < -0.3 is 10.3 Å². The zero-order valence-corrected chi connectivity index (χ0v) is 14.2. The van der Waals surface area contributed by atoms with Crippen LogP contribution in [0.3, 0.4) is 0 Å². The van der Waals surface area contributed by atoms with E-state index in [1.807, 2.05) is 7.05 Å². The predicted octanol–water partition coefficient (Wildman–Crippen LogP) is 2.79. The van der Waals surface area contributed by atoms with E-state index in [-0.39, 0.29) is 6.04 Å². The van der Waals surface area contributed by atoms with Gasteiger partial charge in [0.25, 0.3) is 0 Å². The van der Waals surface area contributed by atoms with Gasteiger partial charge in [0, 0.05) is 6.26 Å². The van der Waals surface area contributed by atoms with Gasteiger partial charge in [0.2, 0.25) is 0 Å². The Morgan fingerprint density at radius 1 is 1.23 bits per heavy atom. The fourth-order valence-corrected chi connectivity index (χ4v) is 3.01. The number of hydrogen-bond acceptors (Lipinski definition) is 4. The summed E-state index contributed by atoms with van der Waals surface area (Å²) in [5.41, 5.74) is 1.81. The van der Waals surface area contributed by atoms with Crippen molar-refractivity contribution >= 4 is 9.84 Å². The maximum absolute atomic E-state index is 11.5. The molecule has 2 rings (SSSR count). The van der Waals surface area contributed by atoms with Crippen molar-refractivity contribution in [1.29, 1.82) is 0 Å². The topological polar surface area (TPSA) is 74.8 Å². The number of aromatic amines is 1. The molecule has 2 aromatic rings. The Hall–Kier alpha value is -1.66. The van der Waals surface area contributed by atoms with Crippen LogP contribution < -0.4 is 5.32 Å². The molecule has 1 aromatic heterocycles. The zero-order valence-electron chi connectivity index (χ0n) is 13.4. The van der Waals surface area contributed by atoms with Crippen LogP contribution in [0.4, 0.5) is 0 Å². The van der Waals surface area contributed by atoms with Gasteiger partial charge in [-0.25, -0.2) is 13.4 Å². The van der Waals surface area contributed by atoms with Gasteiger partial charge >= 0.3 is 0 Å². The van der Waals surface area contributed by atoms with E-state index >= 15 is 0 Å². The lowest BCUT2D eigenvalue weighted by Crippen LogP contribution is -2.19. The van der Waals surface area contributed by atoms with E-state index in [1.54, 1.807) is 30.5 Å². The molecule has 0 amide bonds. The van der Waals surface area contributed by atoms with Crippen molar-refractivity contribution in [2.45, 2.75) is 31.2 Å². The summed E-state index contributed by atoms with van der Waals surface area (Å²) in [5, 5.41) is 3.27. The fourth-order valence-electron chi connectivity index (χ4n) is 2.38. The van der Waals surface area contributed by atoms with Crippen LogP contribution in [0.2, 0.25) is 0 Å². The van der Waals surface area contributed by atoms with Gasteiger partial charge in [-0.05, 0) is 37.1 Å². The summed E-state index contributed by atoms with van der Waals surface area (Å²) in [6, 6.07) is 7.02. The molecule has 22 heavy (non-hydrogen) atoms. The molecule has 0 aliphatic carbocycles. The Morgan fingerprint density at radius 2 is 1.86 bits per heavy atom. The summed E-state index contributed by atoms with van der Waals surface area (Å²) in [5.74, 6) is 1.47. The van der Waals surface area contributed by atoms with Crippen molar-refractivity contribution in [3.63, 3.8) is 0 Å². The second kappa shape index (κ2) is 6.62. The highest BCUT2D eigenvalue weighted by molar-refractivity contribution is 7.90. The first kappa shape index (κ1) is 16.7. The lowest BCUT2D eigenvalue weighted by atomic mass is 10.0. The highest BCUT2D eigenvalue weighted by Crippen LogP contribution is 2.23. The molecule has 2 N–H and O–H groups in total. The van der Waals surface area contributed by atoms with Gasteiger partial charge in [-0.1, -0.05) is 26.0 Å². The van der Waals surface area contributed by atoms with Crippen molar-refractivity contribution < 1.29 is 8.42 Å². The first-order chi connectivity index (χ1) is 10.3. The Kier molecular flexibility index (Phi) is 5.03. The summed E-state index contributed by atoms with van der Waals surface area (Å²) in [6.45, 7) is 4.36. The number of rotatable bonds is 6. The molecule has 120 valence electrons. The maximum atomic E-state index is 11.5. The van der Waals surface area contributed by atoms with E-state index < -0.39 is 9.84 Å². The average molecular weight is 321 g/mol. The molecular formula is C16H23N3O2S. The molecule has 0 saturated carbocycles. The van der Waals surface area contributed by atoms with E-state index in [1.165, 1.54) is 6.26 Å². The minimum atomic E-state index is -3.16. The standard InChI is InChI=1S/C16H23N3O2S/c1-11(2)9-14(17-3)16-18-10-15(19-16)12-5-7-13(8-6-12)22(4,20)21/h5-8,10-11,14,17H,9H2,1-4H3,(H,18,19). The van der Waals surface area contributed by atoms with Gasteiger partial charge in [-0.3, -0.25) is 0 Å². The third-order valence-electron chi connectivity index (χ3n) is 3.57. The van der Waals surface area contributed by atoms with E-state index in [4.69, 9.17) is 0 Å². The largest absolute Gasteiger partial charge is 0.341 e. The Labute approximate surface area is 132 Å². The number of benzene rings is 1. The molecule has 1 heterocycles. The summed E-state index contributed by atoms with van der Waals surface area (Å²) in [6.07, 6.45) is 3.99. The molecule has 0 aliphatic heterocycles. The van der Waals surface area contributed by atoms with Crippen molar-refractivity contribution in [2.75, 3.05) is 13.3 Å². The molecule has 0 saturated heterocycles. The number of aromatic nitrogens is 2. The summed E-state index contributed by atoms with van der Waals surface area (Å²) < 4.78 is 23.0. The first-order valence-corrected chi connectivity index (χ1v) is 9.23. The summed E-state index contributed by atoms with van der Waals surface area (Å²) in [7, 11) is -1.24. The Balaban J connectivity index is 2.24. The van der Waals surface area contributed by atoms with Gasteiger partial charge in [-0.15, -0.1) is 0 Å². The fraction of sp³-hybridized carbons (Fsp3) is 0.438. The number of sulfone groups is 1. The second-order valence-electron chi connectivity index (χ2n) is 5.95. The lowest BCUT2D eigenvalue weighted by molar-refractivity contribution is 0.442. The van der Waals surface area contributed by atoms with Crippen LogP contribution in [0.5, 0.6) is 0 Å². The van der Waals surface area contributed by atoms with E-state index in [9.17, 15) is 8.42 Å². The van der Waals surface area contributed by atoms with Crippen LogP contribution >= 0.6 is 0 Å². The van der Waals surface area contributed by atoms with Gasteiger partial charge in [-0.2, -0.15) is 0 Å². The molecular weight excluding hydrogens is 298 g/mol. The highest BCUT2D eigenvalue weighted by atomic mass is 32.2. The Bertz CT molecular complexity index is 718. The van der Waals surface area contributed by atoms with E-state index in [0.717, 1.165) is 23.5 Å². The van der Waals surface area contributed by atoms with Crippen molar-refractivity contribution in [3.8, 4) is 11.3 Å². The highest BCUT2D eigenvalue weighted by Gasteiger charge is 2.15.